The van der Waals surface area contributed by atoms with E-state index in [9.17, 15) is 4.79 Å². The van der Waals surface area contributed by atoms with Crippen molar-refractivity contribution in [1.82, 2.24) is 15.0 Å². The average Bonchev–Trinajstić information content (AvgIpc) is 2.42. The molecule has 8 nitrogen and oxygen atoms in total. The summed E-state index contributed by atoms with van der Waals surface area (Å²) < 4.78 is 9.76. The van der Waals surface area contributed by atoms with Crippen molar-refractivity contribution in [3.63, 3.8) is 0 Å². The van der Waals surface area contributed by atoms with Gasteiger partial charge in [-0.15, -0.1) is 11.6 Å². The number of methoxy groups -OCH3 is 1. The van der Waals surface area contributed by atoms with Crippen molar-refractivity contribution in [3.8, 4) is 6.01 Å². The van der Waals surface area contributed by atoms with Gasteiger partial charge in [-0.25, -0.2) is 0 Å². The highest BCUT2D eigenvalue weighted by molar-refractivity contribution is 6.17. The molecular weight excluding hydrogens is 274 g/mol. The van der Waals surface area contributed by atoms with E-state index >= 15 is 0 Å². The van der Waals surface area contributed by atoms with Crippen LogP contribution in [0.3, 0.4) is 0 Å². The summed E-state index contributed by atoms with van der Waals surface area (Å²) in [7, 11) is 4.87. The van der Waals surface area contributed by atoms with Gasteiger partial charge in [0.1, 0.15) is 13.2 Å². The van der Waals surface area contributed by atoms with Gasteiger partial charge in [0.25, 0.3) is 0 Å². The predicted molar refractivity (Wildman–Crippen MR) is 70.9 cm³/mol. The summed E-state index contributed by atoms with van der Waals surface area (Å²) in [5, 5.41) is 2.73. The molecule has 1 heterocycles. The summed E-state index contributed by atoms with van der Waals surface area (Å²) >= 11 is 5.53. The van der Waals surface area contributed by atoms with Crippen LogP contribution in [0.4, 0.5) is 11.9 Å². The summed E-state index contributed by atoms with van der Waals surface area (Å²) in [5.41, 5.74) is 0. The minimum atomic E-state index is -0.421. The van der Waals surface area contributed by atoms with Crippen LogP contribution < -0.4 is 15.0 Å². The first-order chi connectivity index (χ1) is 9.06. The van der Waals surface area contributed by atoms with Gasteiger partial charge in [-0.2, -0.15) is 15.0 Å². The quantitative estimate of drug-likeness (QED) is 0.560. The number of nitrogens with one attached hydrogen (secondary N) is 1. The van der Waals surface area contributed by atoms with Crippen molar-refractivity contribution >= 4 is 29.5 Å². The first-order valence-electron chi connectivity index (χ1n) is 5.49. The lowest BCUT2D eigenvalue weighted by atomic mass is 10.6. The molecule has 0 aliphatic rings. The summed E-state index contributed by atoms with van der Waals surface area (Å²) in [4.78, 5) is 25.0. The van der Waals surface area contributed by atoms with Crippen molar-refractivity contribution < 1.29 is 14.3 Å². The third kappa shape index (κ3) is 5.12. The highest BCUT2D eigenvalue weighted by Crippen LogP contribution is 2.12. The molecule has 0 spiro atoms. The number of carbonyl (C=O) groups is 1. The molecule has 1 aromatic rings. The molecule has 19 heavy (non-hydrogen) atoms. The van der Waals surface area contributed by atoms with Crippen LogP contribution in [0.25, 0.3) is 0 Å². The Kier molecular flexibility index (Phi) is 6.07. The van der Waals surface area contributed by atoms with Gasteiger partial charge in [0, 0.05) is 14.1 Å². The molecule has 0 fully saturated rings. The second-order valence-electron chi connectivity index (χ2n) is 3.60. The third-order valence-electron chi connectivity index (χ3n) is 1.93. The maximum Gasteiger partial charge on any atom is 0.325 e. The molecule has 0 aromatic carbocycles. The van der Waals surface area contributed by atoms with Crippen LogP contribution in [0.2, 0.25) is 0 Å². The number of hydrogen-bond acceptors (Lipinski definition) is 8. The highest BCUT2D eigenvalue weighted by Gasteiger charge is 2.10. The SMILES string of the molecule is COC(=O)CNc1nc(OCCCl)nc(N(C)C)n1. The summed E-state index contributed by atoms with van der Waals surface area (Å²) in [6.45, 7) is 0.247. The molecule has 0 bridgehead atoms. The number of carbonyl (C=O) groups excluding carboxylic acids is 1. The summed E-state index contributed by atoms with van der Waals surface area (Å²) in [6, 6.07) is 0.145. The van der Waals surface area contributed by atoms with E-state index in [0.717, 1.165) is 0 Å². The topological polar surface area (TPSA) is 89.5 Å². The first kappa shape index (κ1) is 15.2. The molecule has 9 heteroatoms. The number of hydrogen-bond donors (Lipinski definition) is 1. The van der Waals surface area contributed by atoms with Gasteiger partial charge in [-0.3, -0.25) is 4.79 Å². The molecule has 0 atom stereocenters. The van der Waals surface area contributed by atoms with Crippen molar-refractivity contribution in [2.24, 2.45) is 0 Å². The van der Waals surface area contributed by atoms with Gasteiger partial charge in [0.15, 0.2) is 0 Å². The monoisotopic (exact) mass is 289 g/mol. The molecular formula is C10H16ClN5O3. The predicted octanol–water partition coefficient (Wildman–Crippen LogP) is 0.140. The number of esters is 1. The maximum atomic E-state index is 11.0. The van der Waals surface area contributed by atoms with Gasteiger partial charge in [0.2, 0.25) is 11.9 Å². The second kappa shape index (κ2) is 7.57. The Morgan fingerprint density at radius 2 is 2.11 bits per heavy atom. The number of halogens is 1. The van der Waals surface area contributed by atoms with E-state index in [2.05, 4.69) is 25.0 Å². The molecule has 0 saturated carbocycles. The maximum absolute atomic E-state index is 11.0. The van der Waals surface area contributed by atoms with Crippen LogP contribution in [0.5, 0.6) is 6.01 Å². The van der Waals surface area contributed by atoms with Crippen LogP contribution in [0.1, 0.15) is 0 Å². The van der Waals surface area contributed by atoms with Crippen LogP contribution in [0.15, 0.2) is 0 Å². The van der Waals surface area contributed by atoms with Crippen LogP contribution in [0, 0.1) is 0 Å². The number of aromatic nitrogens is 3. The molecule has 0 unspecified atom stereocenters. The lowest BCUT2D eigenvalue weighted by Gasteiger charge is -2.13. The van der Waals surface area contributed by atoms with Gasteiger partial charge in [-0.1, -0.05) is 0 Å². The van der Waals surface area contributed by atoms with E-state index in [1.807, 2.05) is 0 Å². The van der Waals surface area contributed by atoms with Crippen molar-refractivity contribution in [3.05, 3.63) is 0 Å². The van der Waals surface area contributed by atoms with Crippen molar-refractivity contribution in [2.45, 2.75) is 0 Å². The Morgan fingerprint density at radius 3 is 2.68 bits per heavy atom. The molecule has 1 aromatic heterocycles. The molecule has 0 aliphatic carbocycles. The first-order valence-corrected chi connectivity index (χ1v) is 6.03. The fourth-order valence-electron chi connectivity index (χ4n) is 1.04. The number of nitrogens with zero attached hydrogens (tertiary/aromatic N) is 4. The molecule has 1 rings (SSSR count). The Labute approximate surface area is 116 Å². The molecule has 0 aliphatic heterocycles. The van der Waals surface area contributed by atoms with E-state index in [0.29, 0.717) is 11.8 Å². The summed E-state index contributed by atoms with van der Waals surface area (Å²) in [6.07, 6.45) is 0. The van der Waals surface area contributed by atoms with Crippen molar-refractivity contribution in [2.75, 3.05) is 50.5 Å². The Balaban J connectivity index is 2.83. The zero-order valence-electron chi connectivity index (χ0n) is 11.0. The normalized spacial score (nSPS) is 9.89. The second-order valence-corrected chi connectivity index (χ2v) is 3.98. The lowest BCUT2D eigenvalue weighted by molar-refractivity contribution is -0.138. The largest absolute Gasteiger partial charge is 0.468 e. The van der Waals surface area contributed by atoms with Gasteiger partial charge < -0.3 is 19.7 Å². The average molecular weight is 290 g/mol. The summed E-state index contributed by atoms with van der Waals surface area (Å²) in [5.74, 6) is 0.545. The molecule has 1 N–H and O–H groups in total. The van der Waals surface area contributed by atoms with Crippen LogP contribution >= 0.6 is 11.6 Å². The smallest absolute Gasteiger partial charge is 0.325 e. The van der Waals surface area contributed by atoms with Gasteiger partial charge in [0.05, 0.1) is 13.0 Å². The number of ether oxygens (including phenoxy) is 2. The number of rotatable bonds is 7. The van der Waals surface area contributed by atoms with Gasteiger partial charge in [-0.05, 0) is 0 Å². The zero-order chi connectivity index (χ0) is 14.3. The van der Waals surface area contributed by atoms with Crippen molar-refractivity contribution in [1.29, 1.82) is 0 Å². The standard InChI is InChI=1S/C10H16ClN5O3/c1-16(2)9-13-8(12-6-7(17)18-3)14-10(15-9)19-5-4-11/h4-6H2,1-3H3,(H,12,13,14,15). The van der Waals surface area contributed by atoms with Crippen LogP contribution in [-0.4, -0.2) is 61.2 Å². The Bertz CT molecular complexity index is 430. The van der Waals surface area contributed by atoms with Gasteiger partial charge >= 0.3 is 12.0 Å². The Morgan fingerprint density at radius 1 is 1.37 bits per heavy atom. The van der Waals surface area contributed by atoms with Crippen LogP contribution in [-0.2, 0) is 9.53 Å². The Hall–Kier alpha value is -1.83. The minimum absolute atomic E-state index is 0.0394. The number of alkyl halides is 1. The van der Waals surface area contributed by atoms with E-state index in [1.165, 1.54) is 7.11 Å². The molecule has 0 saturated heterocycles. The van der Waals surface area contributed by atoms with E-state index in [4.69, 9.17) is 16.3 Å². The molecule has 0 radical (unpaired) electrons. The molecule has 0 amide bonds. The number of anilines is 2. The zero-order valence-corrected chi connectivity index (χ0v) is 11.8. The molecule has 106 valence electrons. The highest BCUT2D eigenvalue weighted by atomic mass is 35.5. The van der Waals surface area contributed by atoms with E-state index in [1.54, 1.807) is 19.0 Å². The fourth-order valence-corrected chi connectivity index (χ4v) is 1.12. The van der Waals surface area contributed by atoms with E-state index < -0.39 is 5.97 Å². The minimum Gasteiger partial charge on any atom is -0.468 e. The van der Waals surface area contributed by atoms with E-state index in [-0.39, 0.29) is 25.1 Å². The lowest BCUT2D eigenvalue weighted by Crippen LogP contribution is -2.20. The third-order valence-corrected chi connectivity index (χ3v) is 2.08. The fraction of sp³-hybridized carbons (Fsp3) is 0.600.